The van der Waals surface area contributed by atoms with Crippen LogP contribution in [0.4, 0.5) is 5.69 Å². The van der Waals surface area contributed by atoms with E-state index in [4.69, 9.17) is 17.3 Å². The van der Waals surface area contributed by atoms with Gasteiger partial charge >= 0.3 is 0 Å². The normalized spacial score (nSPS) is 19.7. The quantitative estimate of drug-likeness (QED) is 0.749. The van der Waals surface area contributed by atoms with Crippen molar-refractivity contribution in [2.75, 3.05) is 4.90 Å². The Morgan fingerprint density at radius 1 is 1.29 bits per heavy atom. The molecule has 1 aromatic carbocycles. The van der Waals surface area contributed by atoms with Crippen molar-refractivity contribution in [3.8, 4) is 6.07 Å². The molecule has 1 aromatic heterocycles. The van der Waals surface area contributed by atoms with Gasteiger partial charge in [-0.15, -0.1) is 11.3 Å². The first-order chi connectivity index (χ1) is 13.6. The Hall–Kier alpha value is -2.55. The number of allylic oxidation sites excluding steroid dienone is 3. The number of anilines is 1. The van der Waals surface area contributed by atoms with Gasteiger partial charge in [0.1, 0.15) is 5.82 Å². The smallest absolute Gasteiger partial charge is 0.161 e. The number of aryl methyl sites for hydroxylation is 1. The Labute approximate surface area is 173 Å². The van der Waals surface area contributed by atoms with E-state index >= 15 is 0 Å². The molecular weight excluding hydrogens is 390 g/mol. The molecule has 2 aliphatic rings. The first kappa shape index (κ1) is 18.8. The number of hydrogen-bond donors (Lipinski definition) is 1. The summed E-state index contributed by atoms with van der Waals surface area (Å²) in [5, 5.41) is 10.5. The lowest BCUT2D eigenvalue weighted by molar-refractivity contribution is -0.116. The third-order valence-electron chi connectivity index (χ3n) is 5.32. The molecule has 4 rings (SSSR count). The molecule has 142 valence electrons. The average Bonchev–Trinajstić information content (AvgIpc) is 3.17. The number of hydrogen-bond acceptors (Lipinski definition) is 5. The number of thiophene rings is 1. The molecule has 0 fully saturated rings. The maximum atomic E-state index is 13.0. The second kappa shape index (κ2) is 7.46. The SMILES string of the molecule is CCc1ccc([C@@H]2C(C#N)=C(N)N(c3ccccc3Cl)C3=C2C(=O)CCC3)s1. The van der Waals surface area contributed by atoms with Gasteiger partial charge < -0.3 is 5.73 Å². The molecular formula is C22H20ClN3OS. The molecule has 4 nitrogen and oxygen atoms in total. The van der Waals surface area contributed by atoms with Crippen LogP contribution < -0.4 is 10.6 Å². The molecule has 0 saturated carbocycles. The van der Waals surface area contributed by atoms with E-state index in [9.17, 15) is 10.1 Å². The van der Waals surface area contributed by atoms with Crippen LogP contribution in [0.25, 0.3) is 0 Å². The number of ketones is 1. The highest BCUT2D eigenvalue weighted by atomic mass is 35.5. The lowest BCUT2D eigenvalue weighted by Crippen LogP contribution is -2.38. The van der Waals surface area contributed by atoms with Crippen LogP contribution in [0.2, 0.25) is 5.02 Å². The largest absolute Gasteiger partial charge is 0.384 e. The zero-order valence-electron chi connectivity index (χ0n) is 15.5. The topological polar surface area (TPSA) is 70.1 Å². The summed E-state index contributed by atoms with van der Waals surface area (Å²) < 4.78 is 0. The van der Waals surface area contributed by atoms with E-state index in [0.29, 0.717) is 34.1 Å². The third-order valence-corrected chi connectivity index (χ3v) is 6.94. The number of carbonyl (C=O) groups is 1. The maximum absolute atomic E-state index is 13.0. The summed E-state index contributed by atoms with van der Waals surface area (Å²) in [4.78, 5) is 17.1. The molecule has 0 unspecified atom stereocenters. The van der Waals surface area contributed by atoms with Crippen molar-refractivity contribution in [3.63, 3.8) is 0 Å². The predicted molar refractivity (Wildman–Crippen MR) is 113 cm³/mol. The molecule has 0 spiro atoms. The van der Waals surface area contributed by atoms with Gasteiger partial charge in [0, 0.05) is 27.4 Å². The van der Waals surface area contributed by atoms with E-state index in [1.165, 1.54) is 4.88 Å². The van der Waals surface area contributed by atoms with Crippen LogP contribution in [0.3, 0.4) is 0 Å². The van der Waals surface area contributed by atoms with E-state index in [-0.39, 0.29) is 5.78 Å². The molecule has 6 heteroatoms. The lowest BCUT2D eigenvalue weighted by atomic mass is 9.78. The van der Waals surface area contributed by atoms with Crippen LogP contribution >= 0.6 is 22.9 Å². The number of para-hydroxylation sites is 1. The van der Waals surface area contributed by atoms with Crippen molar-refractivity contribution < 1.29 is 4.79 Å². The number of rotatable bonds is 3. The Kier molecular flexibility index (Phi) is 5.01. The summed E-state index contributed by atoms with van der Waals surface area (Å²) in [5.41, 5.74) is 9.23. The molecule has 1 aliphatic carbocycles. The molecule has 2 aromatic rings. The van der Waals surface area contributed by atoms with Crippen molar-refractivity contribution in [1.82, 2.24) is 0 Å². The van der Waals surface area contributed by atoms with Crippen molar-refractivity contribution in [2.45, 2.75) is 38.5 Å². The Bertz CT molecular complexity index is 1060. The van der Waals surface area contributed by atoms with Gasteiger partial charge in [-0.1, -0.05) is 30.7 Å². The number of halogens is 1. The van der Waals surface area contributed by atoms with Gasteiger partial charge in [0.05, 0.1) is 28.3 Å². The second-order valence-corrected chi connectivity index (χ2v) is 8.53. The fourth-order valence-electron chi connectivity index (χ4n) is 4.02. The second-order valence-electron chi connectivity index (χ2n) is 6.93. The van der Waals surface area contributed by atoms with Crippen molar-refractivity contribution in [3.05, 3.63) is 73.8 Å². The number of Topliss-reactive ketones (excluding diaryl/α,β-unsaturated/α-hetero) is 1. The lowest BCUT2D eigenvalue weighted by Gasteiger charge is -2.39. The number of nitrogens with two attached hydrogens (primary N) is 1. The van der Waals surface area contributed by atoms with Crippen LogP contribution in [0.15, 0.2) is 59.1 Å². The summed E-state index contributed by atoms with van der Waals surface area (Å²) in [5.74, 6) is 0.0624. The van der Waals surface area contributed by atoms with E-state index in [1.54, 1.807) is 17.4 Å². The minimum Gasteiger partial charge on any atom is -0.384 e. The van der Waals surface area contributed by atoms with Crippen LogP contribution in [0, 0.1) is 11.3 Å². The van der Waals surface area contributed by atoms with Crippen LogP contribution in [-0.4, -0.2) is 5.78 Å². The molecule has 0 bridgehead atoms. The summed E-state index contributed by atoms with van der Waals surface area (Å²) in [6, 6.07) is 13.8. The fraction of sp³-hybridized carbons (Fsp3) is 0.273. The van der Waals surface area contributed by atoms with Gasteiger partial charge in [-0.2, -0.15) is 5.26 Å². The van der Waals surface area contributed by atoms with E-state index in [2.05, 4.69) is 19.1 Å². The number of benzene rings is 1. The minimum absolute atomic E-state index is 0.0926. The fourth-order valence-corrected chi connectivity index (χ4v) is 5.31. The first-order valence-electron chi connectivity index (χ1n) is 9.36. The summed E-state index contributed by atoms with van der Waals surface area (Å²) in [6.07, 6.45) is 2.92. The predicted octanol–water partition coefficient (Wildman–Crippen LogP) is 5.27. The zero-order valence-corrected chi connectivity index (χ0v) is 17.1. The molecule has 1 atom stereocenters. The summed E-state index contributed by atoms with van der Waals surface area (Å²) in [7, 11) is 0. The van der Waals surface area contributed by atoms with Gasteiger partial charge in [-0.3, -0.25) is 9.69 Å². The number of carbonyl (C=O) groups excluding carboxylic acids is 1. The molecule has 2 heterocycles. The van der Waals surface area contributed by atoms with Crippen molar-refractivity contribution >= 4 is 34.4 Å². The zero-order chi connectivity index (χ0) is 19.8. The first-order valence-corrected chi connectivity index (χ1v) is 10.6. The molecule has 2 N–H and O–H groups in total. The van der Waals surface area contributed by atoms with E-state index in [1.807, 2.05) is 29.2 Å². The van der Waals surface area contributed by atoms with Gasteiger partial charge in [-0.05, 0) is 43.5 Å². The van der Waals surface area contributed by atoms with Gasteiger partial charge in [0.2, 0.25) is 0 Å². The van der Waals surface area contributed by atoms with Gasteiger partial charge in [0.25, 0.3) is 0 Å². The highest BCUT2D eigenvalue weighted by molar-refractivity contribution is 7.12. The van der Waals surface area contributed by atoms with Gasteiger partial charge in [0.15, 0.2) is 5.78 Å². The molecule has 0 saturated heterocycles. The van der Waals surface area contributed by atoms with Crippen LogP contribution in [0.5, 0.6) is 0 Å². The van der Waals surface area contributed by atoms with Gasteiger partial charge in [-0.25, -0.2) is 0 Å². The Balaban J connectivity index is 1.97. The van der Waals surface area contributed by atoms with Crippen LogP contribution in [-0.2, 0) is 11.2 Å². The molecule has 0 radical (unpaired) electrons. The molecule has 1 aliphatic heterocycles. The number of nitrogens with zero attached hydrogens (tertiary/aromatic N) is 2. The molecule has 0 amide bonds. The molecule has 28 heavy (non-hydrogen) atoms. The van der Waals surface area contributed by atoms with E-state index < -0.39 is 5.92 Å². The van der Waals surface area contributed by atoms with E-state index in [0.717, 1.165) is 29.8 Å². The van der Waals surface area contributed by atoms with Crippen molar-refractivity contribution in [1.29, 1.82) is 5.26 Å². The minimum atomic E-state index is -0.392. The highest BCUT2D eigenvalue weighted by Crippen LogP contribution is 2.48. The highest BCUT2D eigenvalue weighted by Gasteiger charge is 2.41. The summed E-state index contributed by atoms with van der Waals surface area (Å²) in [6.45, 7) is 2.10. The summed E-state index contributed by atoms with van der Waals surface area (Å²) >= 11 is 8.10. The van der Waals surface area contributed by atoms with Crippen molar-refractivity contribution in [2.24, 2.45) is 5.73 Å². The maximum Gasteiger partial charge on any atom is 0.161 e. The standard InChI is InChI=1S/C22H20ClN3OS/c1-2-13-10-11-19(28-13)20-14(12-24)22(25)26(16-7-4-3-6-15(16)23)17-8-5-9-18(27)21(17)20/h3-4,6-7,10-11,20H,2,5,8-9,25H2,1H3/t20-/m0/s1. The Morgan fingerprint density at radius 2 is 2.07 bits per heavy atom. The third kappa shape index (κ3) is 2.94. The monoisotopic (exact) mass is 409 g/mol. The Morgan fingerprint density at radius 3 is 2.75 bits per heavy atom. The average molecular weight is 410 g/mol. The van der Waals surface area contributed by atoms with Crippen LogP contribution in [0.1, 0.15) is 41.9 Å². The number of nitriles is 1.